The van der Waals surface area contributed by atoms with Crippen molar-refractivity contribution in [3.05, 3.63) is 71.1 Å². The Morgan fingerprint density at radius 1 is 1.11 bits per heavy atom. The Morgan fingerprint density at radius 2 is 1.85 bits per heavy atom. The van der Waals surface area contributed by atoms with Crippen molar-refractivity contribution < 1.29 is 18.8 Å². The Morgan fingerprint density at radius 3 is 2.56 bits per heavy atom. The summed E-state index contributed by atoms with van der Waals surface area (Å²) in [6.45, 7) is 3.72. The third-order valence-electron chi connectivity index (χ3n) is 3.91. The van der Waals surface area contributed by atoms with Crippen molar-refractivity contribution in [2.24, 2.45) is 0 Å². The molecule has 0 saturated heterocycles. The molecular weight excluding hydrogens is 346 g/mol. The molecule has 0 aliphatic carbocycles. The number of nitrogens with one attached hydrogen (secondary N) is 1. The van der Waals surface area contributed by atoms with E-state index in [2.05, 4.69) is 15.5 Å². The van der Waals surface area contributed by atoms with E-state index in [0.29, 0.717) is 17.9 Å². The normalized spacial score (nSPS) is 10.4. The Labute approximate surface area is 156 Å². The summed E-state index contributed by atoms with van der Waals surface area (Å²) in [5, 5.41) is 6.63. The summed E-state index contributed by atoms with van der Waals surface area (Å²) in [6.07, 6.45) is 0. The Bertz CT molecular complexity index is 948. The molecule has 7 heteroatoms. The van der Waals surface area contributed by atoms with E-state index in [1.165, 1.54) is 6.92 Å². The van der Waals surface area contributed by atoms with Crippen LogP contribution in [0.5, 0.6) is 0 Å². The number of aromatic nitrogens is 2. The van der Waals surface area contributed by atoms with Crippen molar-refractivity contribution in [2.45, 2.75) is 27.0 Å². The summed E-state index contributed by atoms with van der Waals surface area (Å²) < 4.78 is 10.4. The van der Waals surface area contributed by atoms with Crippen LogP contribution in [-0.4, -0.2) is 22.0 Å². The van der Waals surface area contributed by atoms with Gasteiger partial charge in [-0.1, -0.05) is 41.6 Å². The maximum atomic E-state index is 12.1. The lowest BCUT2D eigenvalue weighted by atomic mass is 10.1. The van der Waals surface area contributed by atoms with Gasteiger partial charge in [0.15, 0.2) is 6.61 Å². The highest BCUT2D eigenvalue weighted by molar-refractivity contribution is 5.89. The number of amides is 1. The fourth-order valence-electron chi connectivity index (χ4n) is 2.44. The number of aryl methyl sites for hydroxylation is 1. The van der Waals surface area contributed by atoms with Crippen molar-refractivity contribution in [2.75, 3.05) is 0 Å². The van der Waals surface area contributed by atoms with Crippen LogP contribution in [0.25, 0.3) is 11.4 Å². The van der Waals surface area contributed by atoms with E-state index in [4.69, 9.17) is 9.26 Å². The molecule has 1 amide bonds. The molecule has 0 atom stereocenters. The molecule has 0 aliphatic heterocycles. The summed E-state index contributed by atoms with van der Waals surface area (Å²) in [6, 6.07) is 14.5. The minimum Gasteiger partial charge on any atom is -0.452 e. The van der Waals surface area contributed by atoms with Gasteiger partial charge in [-0.05, 0) is 30.2 Å². The third-order valence-corrected chi connectivity index (χ3v) is 3.91. The summed E-state index contributed by atoms with van der Waals surface area (Å²) in [5.74, 6) is 0.0881. The molecule has 1 aromatic heterocycles. The molecule has 0 aliphatic rings. The van der Waals surface area contributed by atoms with Crippen LogP contribution < -0.4 is 5.32 Å². The Hall–Kier alpha value is -3.48. The van der Waals surface area contributed by atoms with Gasteiger partial charge in [0.05, 0.1) is 5.56 Å². The van der Waals surface area contributed by atoms with Gasteiger partial charge in [0.25, 0.3) is 5.89 Å². The largest absolute Gasteiger partial charge is 0.452 e. The molecule has 3 rings (SSSR count). The van der Waals surface area contributed by atoms with Gasteiger partial charge < -0.3 is 14.6 Å². The number of hydrogen-bond acceptors (Lipinski definition) is 6. The summed E-state index contributed by atoms with van der Waals surface area (Å²) in [5.41, 5.74) is 3.19. The van der Waals surface area contributed by atoms with Gasteiger partial charge in [-0.15, -0.1) is 0 Å². The predicted octanol–water partition coefficient (Wildman–Crippen LogP) is 3.04. The fourth-order valence-corrected chi connectivity index (χ4v) is 2.44. The minimum atomic E-state index is -0.489. The van der Waals surface area contributed by atoms with E-state index in [0.717, 1.165) is 16.7 Å². The van der Waals surface area contributed by atoms with Crippen molar-refractivity contribution in [3.63, 3.8) is 0 Å². The van der Waals surface area contributed by atoms with Crippen molar-refractivity contribution >= 4 is 11.9 Å². The minimum absolute atomic E-state index is 0.106. The SMILES string of the molecule is CC(=O)NCc1ccc(C(=O)OCc2nc(-c3ccccc3C)no2)cc1. The summed E-state index contributed by atoms with van der Waals surface area (Å²) in [7, 11) is 0. The van der Waals surface area contributed by atoms with Gasteiger partial charge in [-0.3, -0.25) is 4.79 Å². The number of nitrogens with zero attached hydrogens (tertiary/aromatic N) is 2. The molecule has 0 saturated carbocycles. The lowest BCUT2D eigenvalue weighted by Crippen LogP contribution is -2.18. The highest BCUT2D eigenvalue weighted by Crippen LogP contribution is 2.20. The van der Waals surface area contributed by atoms with Gasteiger partial charge >= 0.3 is 5.97 Å². The standard InChI is InChI=1S/C20H19N3O4/c1-13-5-3-4-6-17(13)19-22-18(27-23-19)12-26-20(25)16-9-7-15(8-10-16)11-21-14(2)24/h3-10H,11-12H2,1-2H3,(H,21,24). The average Bonchev–Trinajstić information content (AvgIpc) is 3.14. The van der Waals surface area contributed by atoms with Gasteiger partial charge in [-0.2, -0.15) is 4.98 Å². The van der Waals surface area contributed by atoms with Crippen LogP contribution in [-0.2, 0) is 22.7 Å². The Kier molecular flexibility index (Phi) is 5.61. The van der Waals surface area contributed by atoms with Crippen LogP contribution >= 0.6 is 0 Å². The molecule has 0 unspecified atom stereocenters. The average molecular weight is 365 g/mol. The molecule has 1 heterocycles. The second-order valence-electron chi connectivity index (χ2n) is 6.01. The quantitative estimate of drug-likeness (QED) is 0.675. The van der Waals surface area contributed by atoms with Crippen LogP contribution in [0.15, 0.2) is 53.1 Å². The second-order valence-corrected chi connectivity index (χ2v) is 6.01. The summed E-state index contributed by atoms with van der Waals surface area (Å²) >= 11 is 0. The summed E-state index contributed by atoms with van der Waals surface area (Å²) in [4.78, 5) is 27.3. The van der Waals surface area contributed by atoms with Crippen LogP contribution in [0.2, 0.25) is 0 Å². The monoisotopic (exact) mass is 365 g/mol. The van der Waals surface area contributed by atoms with E-state index in [9.17, 15) is 9.59 Å². The van der Waals surface area contributed by atoms with Gasteiger partial charge in [-0.25, -0.2) is 4.79 Å². The van der Waals surface area contributed by atoms with Gasteiger partial charge in [0, 0.05) is 19.0 Å². The molecule has 27 heavy (non-hydrogen) atoms. The van der Waals surface area contributed by atoms with E-state index in [-0.39, 0.29) is 18.4 Å². The molecule has 3 aromatic rings. The molecule has 138 valence electrons. The third kappa shape index (κ3) is 4.78. The van der Waals surface area contributed by atoms with Crippen LogP contribution in [0.4, 0.5) is 0 Å². The maximum Gasteiger partial charge on any atom is 0.338 e. The molecule has 1 N–H and O–H groups in total. The first-order valence-corrected chi connectivity index (χ1v) is 8.42. The first-order valence-electron chi connectivity index (χ1n) is 8.42. The number of rotatable bonds is 6. The van der Waals surface area contributed by atoms with Crippen molar-refractivity contribution in [1.29, 1.82) is 0 Å². The molecule has 7 nitrogen and oxygen atoms in total. The van der Waals surface area contributed by atoms with E-state index < -0.39 is 5.97 Å². The molecule has 0 radical (unpaired) electrons. The predicted molar refractivity (Wildman–Crippen MR) is 97.6 cm³/mol. The molecule has 2 aromatic carbocycles. The van der Waals surface area contributed by atoms with Crippen molar-refractivity contribution in [3.8, 4) is 11.4 Å². The lowest BCUT2D eigenvalue weighted by Gasteiger charge is -2.05. The van der Waals surface area contributed by atoms with Gasteiger partial charge in [0.2, 0.25) is 11.7 Å². The number of esters is 1. The second kappa shape index (κ2) is 8.27. The zero-order valence-corrected chi connectivity index (χ0v) is 15.1. The zero-order chi connectivity index (χ0) is 19.2. The van der Waals surface area contributed by atoms with Crippen LogP contribution in [0, 0.1) is 6.92 Å². The highest BCUT2D eigenvalue weighted by Gasteiger charge is 2.13. The molecular formula is C20H19N3O4. The first kappa shape index (κ1) is 18.3. The first-order chi connectivity index (χ1) is 13.0. The number of hydrogen-bond donors (Lipinski definition) is 1. The van der Waals surface area contributed by atoms with E-state index in [1.807, 2.05) is 31.2 Å². The van der Waals surface area contributed by atoms with E-state index >= 15 is 0 Å². The molecule has 0 spiro atoms. The van der Waals surface area contributed by atoms with Crippen LogP contribution in [0.1, 0.15) is 34.3 Å². The van der Waals surface area contributed by atoms with Crippen LogP contribution in [0.3, 0.4) is 0 Å². The maximum absolute atomic E-state index is 12.1. The smallest absolute Gasteiger partial charge is 0.338 e. The Balaban J connectivity index is 1.58. The number of carbonyl (C=O) groups excluding carboxylic acids is 2. The van der Waals surface area contributed by atoms with E-state index in [1.54, 1.807) is 24.3 Å². The zero-order valence-electron chi connectivity index (χ0n) is 15.1. The topological polar surface area (TPSA) is 94.3 Å². The van der Waals surface area contributed by atoms with Gasteiger partial charge in [0.1, 0.15) is 0 Å². The lowest BCUT2D eigenvalue weighted by molar-refractivity contribution is -0.119. The number of benzene rings is 2. The highest BCUT2D eigenvalue weighted by atomic mass is 16.6. The fraction of sp³-hybridized carbons (Fsp3) is 0.200. The van der Waals surface area contributed by atoms with Crippen molar-refractivity contribution in [1.82, 2.24) is 15.5 Å². The molecule has 0 bridgehead atoms. The number of ether oxygens (including phenoxy) is 1. The number of carbonyl (C=O) groups is 2. The molecule has 0 fully saturated rings.